The molecule has 6 heteroatoms. The Bertz CT molecular complexity index is 359. The van der Waals surface area contributed by atoms with Crippen LogP contribution in [0.4, 0.5) is 0 Å². The molecule has 5 nitrogen and oxygen atoms in total. The molecule has 102 valence electrons. The summed E-state index contributed by atoms with van der Waals surface area (Å²) in [7, 11) is 0. The number of aliphatic hydroxyl groups excluding tert-OH is 4. The fraction of sp³-hybridized carbons (Fsp3) is 0.667. The second-order valence-electron chi connectivity index (χ2n) is 4.67. The number of likely N-dealkylation sites (tertiary alicyclic amines) is 1. The van der Waals surface area contributed by atoms with Gasteiger partial charge < -0.3 is 20.4 Å². The minimum Gasteiger partial charge on any atom is -0.395 e. The number of rotatable bonds is 4. The van der Waals surface area contributed by atoms with E-state index in [2.05, 4.69) is 5.38 Å². The average molecular weight is 273 g/mol. The van der Waals surface area contributed by atoms with Gasteiger partial charge in [0.2, 0.25) is 0 Å². The van der Waals surface area contributed by atoms with E-state index < -0.39 is 24.4 Å². The molecule has 0 aromatic carbocycles. The van der Waals surface area contributed by atoms with Crippen molar-refractivity contribution in [2.45, 2.75) is 30.8 Å². The maximum atomic E-state index is 9.83. The van der Waals surface area contributed by atoms with E-state index in [1.54, 1.807) is 11.3 Å². The molecule has 0 unspecified atom stereocenters. The molecule has 2 rings (SSSR count). The minimum absolute atomic E-state index is 0.228. The van der Waals surface area contributed by atoms with Crippen LogP contribution in [0.15, 0.2) is 16.8 Å². The molecule has 0 radical (unpaired) electrons. The molecule has 1 aliphatic rings. The highest BCUT2D eigenvalue weighted by atomic mass is 32.1. The fourth-order valence-electron chi connectivity index (χ4n) is 2.34. The molecule has 4 atom stereocenters. The number of β-amino-alcohol motifs (C(OH)–C–C–N with tert-alkyl or cyclic N) is 1. The van der Waals surface area contributed by atoms with E-state index in [9.17, 15) is 20.4 Å². The normalized spacial score (nSPS) is 33.8. The minimum atomic E-state index is -1.18. The van der Waals surface area contributed by atoms with Gasteiger partial charge in [0, 0.05) is 13.1 Å². The Morgan fingerprint density at radius 1 is 1.28 bits per heavy atom. The smallest absolute Gasteiger partial charge is 0.109 e. The lowest BCUT2D eigenvalue weighted by Gasteiger charge is -2.43. The molecular formula is C12H19NO4S. The van der Waals surface area contributed by atoms with E-state index >= 15 is 0 Å². The quantitative estimate of drug-likeness (QED) is 0.568. The Morgan fingerprint density at radius 3 is 2.67 bits per heavy atom. The third-order valence-electron chi connectivity index (χ3n) is 3.48. The highest BCUT2D eigenvalue weighted by molar-refractivity contribution is 7.07. The van der Waals surface area contributed by atoms with Gasteiger partial charge in [-0.25, -0.2) is 0 Å². The Balaban J connectivity index is 1.97. The van der Waals surface area contributed by atoms with Crippen molar-refractivity contribution in [2.75, 3.05) is 19.7 Å². The van der Waals surface area contributed by atoms with Gasteiger partial charge in [-0.1, -0.05) is 0 Å². The van der Waals surface area contributed by atoms with E-state index in [0.717, 1.165) is 6.42 Å². The van der Waals surface area contributed by atoms with Gasteiger partial charge in [0.1, 0.15) is 12.2 Å². The molecule has 18 heavy (non-hydrogen) atoms. The first kappa shape index (κ1) is 13.9. The highest BCUT2D eigenvalue weighted by Crippen LogP contribution is 2.19. The second kappa shape index (κ2) is 6.10. The molecule has 0 spiro atoms. The van der Waals surface area contributed by atoms with Gasteiger partial charge in [-0.3, -0.25) is 4.90 Å². The lowest BCUT2D eigenvalue weighted by Crippen LogP contribution is -2.62. The van der Waals surface area contributed by atoms with Gasteiger partial charge in [-0.15, -0.1) is 0 Å². The molecule has 1 saturated heterocycles. The first-order chi connectivity index (χ1) is 8.63. The van der Waals surface area contributed by atoms with Gasteiger partial charge >= 0.3 is 0 Å². The Kier molecular flexibility index (Phi) is 4.71. The van der Waals surface area contributed by atoms with Crippen LogP contribution >= 0.6 is 11.3 Å². The third-order valence-corrected chi connectivity index (χ3v) is 4.22. The van der Waals surface area contributed by atoms with E-state index in [4.69, 9.17) is 0 Å². The van der Waals surface area contributed by atoms with Crippen LogP contribution in [0.2, 0.25) is 0 Å². The van der Waals surface area contributed by atoms with Crippen LogP contribution in [0.1, 0.15) is 5.56 Å². The first-order valence-corrected chi connectivity index (χ1v) is 6.98. The summed E-state index contributed by atoms with van der Waals surface area (Å²) in [4.78, 5) is 1.83. The summed E-state index contributed by atoms with van der Waals surface area (Å²) >= 11 is 1.63. The van der Waals surface area contributed by atoms with Crippen LogP contribution in [-0.4, -0.2) is 69.4 Å². The molecule has 0 bridgehead atoms. The molecule has 1 aromatic heterocycles. The van der Waals surface area contributed by atoms with E-state index in [1.807, 2.05) is 16.3 Å². The van der Waals surface area contributed by atoms with Crippen LogP contribution in [0, 0.1) is 0 Å². The van der Waals surface area contributed by atoms with Crippen molar-refractivity contribution in [1.82, 2.24) is 4.90 Å². The summed E-state index contributed by atoms with van der Waals surface area (Å²) in [5, 5.41) is 42.4. The molecule has 0 aliphatic carbocycles. The fourth-order valence-corrected chi connectivity index (χ4v) is 3.05. The van der Waals surface area contributed by atoms with Crippen LogP contribution in [0.5, 0.6) is 0 Å². The average Bonchev–Trinajstić information content (AvgIpc) is 2.86. The lowest BCUT2D eigenvalue weighted by atomic mass is 9.94. The van der Waals surface area contributed by atoms with Crippen molar-refractivity contribution < 1.29 is 20.4 Å². The number of hydrogen-bond donors (Lipinski definition) is 4. The zero-order valence-corrected chi connectivity index (χ0v) is 10.8. The lowest BCUT2D eigenvalue weighted by molar-refractivity contribution is -0.144. The Labute approximate surface area is 110 Å². The zero-order chi connectivity index (χ0) is 13.1. The van der Waals surface area contributed by atoms with Crippen LogP contribution in [0.25, 0.3) is 0 Å². The largest absolute Gasteiger partial charge is 0.395 e. The SMILES string of the molecule is OC[C@@H]1[C@@H](O)[C@H](O)[C@@H](O)CN1CCc1ccsc1. The van der Waals surface area contributed by atoms with Crippen molar-refractivity contribution in [2.24, 2.45) is 0 Å². The zero-order valence-electron chi connectivity index (χ0n) is 10.0. The maximum absolute atomic E-state index is 9.83. The van der Waals surface area contributed by atoms with Gasteiger partial charge in [0.25, 0.3) is 0 Å². The standard InChI is InChI=1S/C12H19NO4S/c14-6-9-11(16)12(17)10(15)5-13(9)3-1-8-2-4-18-7-8/h2,4,7,9-12,14-17H,1,3,5-6H2/t9-,10+,11-,12-/m1/s1. The predicted molar refractivity (Wildman–Crippen MR) is 68.5 cm³/mol. The molecular weight excluding hydrogens is 254 g/mol. The Hall–Kier alpha value is -0.500. The van der Waals surface area contributed by atoms with Crippen molar-refractivity contribution in [3.8, 4) is 0 Å². The Morgan fingerprint density at radius 2 is 2.06 bits per heavy atom. The first-order valence-electron chi connectivity index (χ1n) is 6.03. The van der Waals surface area contributed by atoms with Gasteiger partial charge in [-0.05, 0) is 28.8 Å². The van der Waals surface area contributed by atoms with E-state index in [1.165, 1.54) is 5.56 Å². The molecule has 1 aromatic rings. The third kappa shape index (κ3) is 2.90. The maximum Gasteiger partial charge on any atom is 0.109 e. The monoisotopic (exact) mass is 273 g/mol. The summed E-state index contributed by atoms with van der Waals surface area (Å²) < 4.78 is 0. The molecule has 1 fully saturated rings. The number of piperidine rings is 1. The number of hydrogen-bond acceptors (Lipinski definition) is 6. The molecule has 4 N–H and O–H groups in total. The highest BCUT2D eigenvalue weighted by Gasteiger charge is 2.40. The van der Waals surface area contributed by atoms with Crippen molar-refractivity contribution in [3.63, 3.8) is 0 Å². The summed E-state index contributed by atoms with van der Waals surface area (Å²) in [6, 6.07) is 1.52. The van der Waals surface area contributed by atoms with Gasteiger partial charge in [0.05, 0.1) is 18.8 Å². The molecule has 0 amide bonds. The summed E-state index contributed by atoms with van der Waals surface area (Å²) in [6.45, 7) is 0.685. The number of aliphatic hydroxyl groups is 4. The van der Waals surface area contributed by atoms with Crippen molar-refractivity contribution >= 4 is 11.3 Å². The van der Waals surface area contributed by atoms with E-state index in [0.29, 0.717) is 6.54 Å². The summed E-state index contributed by atoms with van der Waals surface area (Å²) in [6.07, 6.45) is -2.46. The van der Waals surface area contributed by atoms with Crippen molar-refractivity contribution in [1.29, 1.82) is 0 Å². The number of thiophene rings is 1. The molecule has 0 saturated carbocycles. The number of nitrogens with zero attached hydrogens (tertiary/aromatic N) is 1. The molecule has 1 aliphatic heterocycles. The summed E-state index contributed by atoms with van der Waals surface area (Å²) in [5.41, 5.74) is 1.20. The van der Waals surface area contributed by atoms with Crippen LogP contribution in [0.3, 0.4) is 0 Å². The topological polar surface area (TPSA) is 84.2 Å². The van der Waals surface area contributed by atoms with Gasteiger partial charge in [0.15, 0.2) is 0 Å². The van der Waals surface area contributed by atoms with Crippen molar-refractivity contribution in [3.05, 3.63) is 22.4 Å². The molecule has 2 heterocycles. The predicted octanol–water partition coefficient (Wildman–Crippen LogP) is -0.950. The summed E-state index contributed by atoms with van der Waals surface area (Å²) in [5.74, 6) is 0. The second-order valence-corrected chi connectivity index (χ2v) is 5.46. The van der Waals surface area contributed by atoms with Crippen LogP contribution < -0.4 is 0 Å². The van der Waals surface area contributed by atoms with Gasteiger partial charge in [-0.2, -0.15) is 11.3 Å². The van der Waals surface area contributed by atoms with Crippen LogP contribution in [-0.2, 0) is 6.42 Å². The van der Waals surface area contributed by atoms with E-state index in [-0.39, 0.29) is 13.2 Å².